The minimum Gasteiger partial charge on any atom is -0.344 e. The van der Waals surface area contributed by atoms with E-state index in [0.717, 1.165) is 32.1 Å². The normalized spacial score (nSPS) is 25.2. The highest BCUT2D eigenvalue weighted by molar-refractivity contribution is 7.59. The SMILES string of the molecule is CC1CCCN2C(=O)CC[C@H](P(=O)(O)CCCCCc3ccccc3)C(=O)N12. The molecular formula is C21H31N2O4P. The van der Waals surface area contributed by atoms with Crippen molar-refractivity contribution in [3.63, 3.8) is 0 Å². The second kappa shape index (κ2) is 9.23. The van der Waals surface area contributed by atoms with Crippen LogP contribution < -0.4 is 0 Å². The highest BCUT2D eigenvalue weighted by atomic mass is 31.2. The summed E-state index contributed by atoms with van der Waals surface area (Å²) in [6, 6.07) is 10.1. The van der Waals surface area contributed by atoms with Crippen molar-refractivity contribution < 1.29 is 19.0 Å². The topological polar surface area (TPSA) is 77.9 Å². The van der Waals surface area contributed by atoms with Gasteiger partial charge in [-0.05, 0) is 51.0 Å². The van der Waals surface area contributed by atoms with Crippen molar-refractivity contribution in [1.82, 2.24) is 10.0 Å². The van der Waals surface area contributed by atoms with Crippen LogP contribution >= 0.6 is 7.37 Å². The van der Waals surface area contributed by atoms with Gasteiger partial charge in [-0.15, -0.1) is 0 Å². The largest absolute Gasteiger partial charge is 0.344 e. The predicted octanol–water partition coefficient (Wildman–Crippen LogP) is 3.59. The lowest BCUT2D eigenvalue weighted by molar-refractivity contribution is -0.170. The highest BCUT2D eigenvalue weighted by Crippen LogP contribution is 2.51. The minimum atomic E-state index is -3.65. The molecule has 3 rings (SSSR count). The lowest BCUT2D eigenvalue weighted by Crippen LogP contribution is -2.57. The monoisotopic (exact) mass is 406 g/mol. The molecule has 2 fully saturated rings. The molecule has 0 saturated carbocycles. The maximum absolute atomic E-state index is 13.1. The fourth-order valence-electron chi connectivity index (χ4n) is 4.27. The predicted molar refractivity (Wildman–Crippen MR) is 109 cm³/mol. The van der Waals surface area contributed by atoms with Crippen LogP contribution in [0.1, 0.15) is 57.4 Å². The first-order valence-electron chi connectivity index (χ1n) is 10.4. The number of hydrogen-bond acceptors (Lipinski definition) is 3. The molecule has 2 unspecified atom stereocenters. The molecule has 1 N–H and O–H groups in total. The van der Waals surface area contributed by atoms with Crippen molar-refractivity contribution in [2.45, 2.75) is 70.0 Å². The number of aryl methyl sites for hydroxylation is 1. The van der Waals surface area contributed by atoms with Crippen LogP contribution in [0.4, 0.5) is 0 Å². The Kier molecular flexibility index (Phi) is 6.95. The summed E-state index contributed by atoms with van der Waals surface area (Å²) in [5, 5.41) is 2.98. The summed E-state index contributed by atoms with van der Waals surface area (Å²) < 4.78 is 13.0. The number of hydrazine groups is 1. The van der Waals surface area contributed by atoms with Gasteiger partial charge < -0.3 is 4.89 Å². The summed E-state index contributed by atoms with van der Waals surface area (Å²) in [6.45, 7) is 2.43. The zero-order chi connectivity index (χ0) is 20.1. The van der Waals surface area contributed by atoms with Gasteiger partial charge in [-0.2, -0.15) is 0 Å². The Bertz CT molecular complexity index is 739. The van der Waals surface area contributed by atoms with Crippen LogP contribution in [-0.2, 0) is 20.6 Å². The summed E-state index contributed by atoms with van der Waals surface area (Å²) in [6.07, 6.45) is 5.55. The molecule has 2 heterocycles. The zero-order valence-electron chi connectivity index (χ0n) is 16.6. The van der Waals surface area contributed by atoms with E-state index in [1.807, 2.05) is 25.1 Å². The van der Waals surface area contributed by atoms with Gasteiger partial charge in [-0.25, -0.2) is 5.01 Å². The van der Waals surface area contributed by atoms with Gasteiger partial charge in [0, 0.05) is 19.1 Å². The van der Waals surface area contributed by atoms with Crippen LogP contribution in [0.2, 0.25) is 0 Å². The van der Waals surface area contributed by atoms with Gasteiger partial charge in [0.2, 0.25) is 13.3 Å². The lowest BCUT2D eigenvalue weighted by Gasteiger charge is -2.42. The average molecular weight is 406 g/mol. The second-order valence-corrected chi connectivity index (χ2v) is 10.6. The zero-order valence-corrected chi connectivity index (χ0v) is 17.5. The van der Waals surface area contributed by atoms with Crippen LogP contribution in [-0.4, -0.2) is 51.1 Å². The number of fused-ring (bicyclic) bond motifs is 1. The maximum atomic E-state index is 13.1. The fraction of sp³-hybridized carbons (Fsp3) is 0.619. The Labute approximate surface area is 167 Å². The van der Waals surface area contributed by atoms with Crippen LogP contribution in [0.3, 0.4) is 0 Å². The van der Waals surface area contributed by atoms with E-state index < -0.39 is 13.0 Å². The van der Waals surface area contributed by atoms with Crippen LogP contribution in [0.5, 0.6) is 0 Å². The molecule has 0 radical (unpaired) electrons. The average Bonchev–Trinajstić information content (AvgIpc) is 2.80. The van der Waals surface area contributed by atoms with Crippen molar-refractivity contribution in [2.24, 2.45) is 0 Å². The molecule has 3 atom stereocenters. The third kappa shape index (κ3) is 4.84. The van der Waals surface area contributed by atoms with Crippen molar-refractivity contribution in [3.05, 3.63) is 35.9 Å². The molecule has 154 valence electrons. The Morgan fingerprint density at radius 3 is 2.61 bits per heavy atom. The van der Waals surface area contributed by atoms with Gasteiger partial charge in [-0.1, -0.05) is 36.8 Å². The molecule has 0 spiro atoms. The van der Waals surface area contributed by atoms with Gasteiger partial charge in [0.05, 0.1) is 6.04 Å². The minimum absolute atomic E-state index is 0.100. The number of nitrogens with zero attached hydrogens (tertiary/aromatic N) is 2. The van der Waals surface area contributed by atoms with Crippen LogP contribution in [0, 0.1) is 0 Å². The molecule has 2 aliphatic rings. The molecule has 2 aliphatic heterocycles. The number of amides is 2. The van der Waals surface area contributed by atoms with Crippen molar-refractivity contribution in [1.29, 1.82) is 0 Å². The first kappa shape index (κ1) is 21.1. The van der Waals surface area contributed by atoms with Gasteiger partial charge >= 0.3 is 0 Å². The van der Waals surface area contributed by atoms with Crippen LogP contribution in [0.25, 0.3) is 0 Å². The van der Waals surface area contributed by atoms with Gasteiger partial charge in [0.1, 0.15) is 5.66 Å². The number of hydrogen-bond donors (Lipinski definition) is 1. The van der Waals surface area contributed by atoms with E-state index >= 15 is 0 Å². The first-order valence-corrected chi connectivity index (χ1v) is 12.3. The molecule has 1 aromatic carbocycles. The summed E-state index contributed by atoms with van der Waals surface area (Å²) in [5.74, 6) is -0.446. The van der Waals surface area contributed by atoms with Crippen LogP contribution in [0.15, 0.2) is 30.3 Å². The molecule has 28 heavy (non-hydrogen) atoms. The molecule has 0 aliphatic carbocycles. The van der Waals surface area contributed by atoms with Crippen molar-refractivity contribution in [3.8, 4) is 0 Å². The van der Waals surface area contributed by atoms with E-state index in [4.69, 9.17) is 0 Å². The molecule has 0 aromatic heterocycles. The number of benzene rings is 1. The summed E-state index contributed by atoms with van der Waals surface area (Å²) >= 11 is 0. The third-order valence-corrected chi connectivity index (χ3v) is 8.28. The molecule has 7 heteroatoms. The fourth-order valence-corrected chi connectivity index (χ4v) is 6.25. The van der Waals surface area contributed by atoms with E-state index in [1.165, 1.54) is 15.6 Å². The van der Waals surface area contributed by atoms with Crippen molar-refractivity contribution >= 4 is 19.2 Å². The number of rotatable bonds is 7. The summed E-state index contributed by atoms with van der Waals surface area (Å²) in [4.78, 5) is 36.2. The van der Waals surface area contributed by atoms with E-state index in [9.17, 15) is 19.0 Å². The van der Waals surface area contributed by atoms with E-state index in [0.29, 0.717) is 13.0 Å². The molecule has 1 aromatic rings. The third-order valence-electron chi connectivity index (χ3n) is 5.87. The quantitative estimate of drug-likeness (QED) is 0.555. The first-order chi connectivity index (χ1) is 13.4. The lowest BCUT2D eigenvalue weighted by atomic mass is 10.1. The second-order valence-electron chi connectivity index (χ2n) is 8.02. The number of unbranched alkanes of at least 4 members (excludes halogenated alkanes) is 2. The van der Waals surface area contributed by atoms with E-state index in [2.05, 4.69) is 12.1 Å². The van der Waals surface area contributed by atoms with E-state index in [1.54, 1.807) is 0 Å². The smallest absolute Gasteiger partial charge is 0.254 e. The van der Waals surface area contributed by atoms with Gasteiger partial charge in [-0.3, -0.25) is 19.2 Å². The molecular weight excluding hydrogens is 375 g/mol. The highest BCUT2D eigenvalue weighted by Gasteiger charge is 2.46. The van der Waals surface area contributed by atoms with Crippen molar-refractivity contribution in [2.75, 3.05) is 12.7 Å². The molecule has 0 bridgehead atoms. The molecule has 2 amide bonds. The Morgan fingerprint density at radius 1 is 1.11 bits per heavy atom. The summed E-state index contributed by atoms with van der Waals surface area (Å²) in [5.41, 5.74) is 0.322. The summed E-state index contributed by atoms with van der Waals surface area (Å²) in [7, 11) is -3.65. The van der Waals surface area contributed by atoms with Gasteiger partial charge in [0.15, 0.2) is 0 Å². The van der Waals surface area contributed by atoms with Gasteiger partial charge in [0.25, 0.3) is 5.91 Å². The Hall–Kier alpha value is -1.65. The molecule has 6 nitrogen and oxygen atoms in total. The number of carbonyl (C=O) groups excluding carboxylic acids is 2. The molecule has 2 saturated heterocycles. The Morgan fingerprint density at radius 2 is 1.86 bits per heavy atom. The number of carbonyl (C=O) groups is 2. The van der Waals surface area contributed by atoms with E-state index in [-0.39, 0.29) is 36.9 Å². The standard InChI is InChI=1S/C21H31N2O4P/c1-17-9-8-15-22-20(24)14-13-19(21(25)23(17)22)28(26,27)16-7-3-6-12-18-10-4-2-5-11-18/h2,4-5,10-11,17,19H,3,6-9,12-16H2,1H3,(H,26,27)/t17?,19-/m0/s1. The maximum Gasteiger partial charge on any atom is 0.254 e. The Balaban J connectivity index is 1.56.